The molecular formula is C16H19ClN3O2S+. The third-order valence-electron chi connectivity index (χ3n) is 3.65. The molecule has 1 aromatic carbocycles. The highest BCUT2D eigenvalue weighted by atomic mass is 35.5. The van der Waals surface area contributed by atoms with Crippen molar-refractivity contribution in [2.45, 2.75) is 19.5 Å². The van der Waals surface area contributed by atoms with E-state index < -0.39 is 5.91 Å². The van der Waals surface area contributed by atoms with Crippen molar-refractivity contribution in [2.75, 3.05) is 12.4 Å². The number of halogens is 1. The molecule has 0 aliphatic carbocycles. The zero-order chi connectivity index (χ0) is 17.0. The number of benzene rings is 1. The lowest BCUT2D eigenvalue weighted by Gasteiger charge is -2.20. The average Bonchev–Trinajstić information content (AvgIpc) is 2.92. The van der Waals surface area contributed by atoms with Crippen LogP contribution in [-0.4, -0.2) is 24.9 Å². The van der Waals surface area contributed by atoms with Crippen LogP contribution in [0, 0.1) is 0 Å². The zero-order valence-electron chi connectivity index (χ0n) is 12.9. The first-order valence-electron chi connectivity index (χ1n) is 7.14. The van der Waals surface area contributed by atoms with Crippen LogP contribution >= 0.6 is 22.9 Å². The monoisotopic (exact) mass is 352 g/mol. The van der Waals surface area contributed by atoms with Crippen LogP contribution in [0.1, 0.15) is 22.2 Å². The van der Waals surface area contributed by atoms with Crippen molar-refractivity contribution in [1.82, 2.24) is 0 Å². The van der Waals surface area contributed by atoms with Gasteiger partial charge in [0.05, 0.1) is 16.3 Å². The Balaban J connectivity index is 1.94. The molecule has 4 N–H and O–H groups in total. The minimum atomic E-state index is -0.491. The summed E-state index contributed by atoms with van der Waals surface area (Å²) in [6, 6.07) is 10.1. The van der Waals surface area contributed by atoms with Crippen LogP contribution in [0.25, 0.3) is 0 Å². The fraction of sp³-hybridized carbons (Fsp3) is 0.250. The number of rotatable bonds is 6. The van der Waals surface area contributed by atoms with Gasteiger partial charge in [-0.2, -0.15) is 0 Å². The van der Waals surface area contributed by atoms with Crippen LogP contribution in [0.15, 0.2) is 36.4 Å². The van der Waals surface area contributed by atoms with Gasteiger partial charge in [-0.15, -0.1) is 11.3 Å². The summed E-state index contributed by atoms with van der Waals surface area (Å²) in [5.74, 6) is -0.577. The van der Waals surface area contributed by atoms with Crippen molar-refractivity contribution in [3.63, 3.8) is 0 Å². The molecule has 2 atom stereocenters. The van der Waals surface area contributed by atoms with Crippen molar-refractivity contribution < 1.29 is 14.5 Å². The van der Waals surface area contributed by atoms with Crippen molar-refractivity contribution in [2.24, 2.45) is 5.73 Å². The van der Waals surface area contributed by atoms with Gasteiger partial charge < -0.3 is 16.0 Å². The molecule has 2 rings (SSSR count). The summed E-state index contributed by atoms with van der Waals surface area (Å²) >= 11 is 7.45. The molecule has 0 saturated heterocycles. The molecule has 0 aliphatic heterocycles. The standard InChI is InChI=1S/C16H18ClN3O2S/c1-10(20(2)9-13-7-8-14(17)23-13)16(22)19-12-5-3-11(4-6-12)15(18)21/h3-8,10H,9H2,1-2H3,(H2,18,21)(H,19,22)/p+1/t10-/m0/s1. The van der Waals surface area contributed by atoms with E-state index in [9.17, 15) is 9.59 Å². The topological polar surface area (TPSA) is 76.6 Å². The maximum Gasteiger partial charge on any atom is 0.282 e. The summed E-state index contributed by atoms with van der Waals surface area (Å²) < 4.78 is 0.749. The summed E-state index contributed by atoms with van der Waals surface area (Å²) in [6.07, 6.45) is 0. The van der Waals surface area contributed by atoms with Gasteiger partial charge in [-0.3, -0.25) is 9.59 Å². The lowest BCUT2D eigenvalue weighted by atomic mass is 10.2. The van der Waals surface area contributed by atoms with Crippen LogP contribution < -0.4 is 16.0 Å². The second-order valence-corrected chi connectivity index (χ2v) is 7.18. The van der Waals surface area contributed by atoms with E-state index in [1.54, 1.807) is 24.3 Å². The van der Waals surface area contributed by atoms with Gasteiger partial charge in [-0.05, 0) is 43.3 Å². The molecule has 2 aromatic rings. The van der Waals surface area contributed by atoms with Crippen LogP contribution in [-0.2, 0) is 11.3 Å². The summed E-state index contributed by atoms with van der Waals surface area (Å²) in [6.45, 7) is 2.60. The highest BCUT2D eigenvalue weighted by molar-refractivity contribution is 7.16. The van der Waals surface area contributed by atoms with Crippen molar-refractivity contribution >= 4 is 40.4 Å². The fourth-order valence-corrected chi connectivity index (χ4v) is 3.25. The Bertz CT molecular complexity index is 700. The lowest BCUT2D eigenvalue weighted by molar-refractivity contribution is -0.907. The SMILES string of the molecule is C[C@@H](C(=O)Nc1ccc(C(N)=O)cc1)[NH+](C)Cc1ccc(Cl)s1. The second kappa shape index (κ2) is 7.59. The van der Waals surface area contributed by atoms with E-state index in [2.05, 4.69) is 5.32 Å². The maximum atomic E-state index is 12.3. The Morgan fingerprint density at radius 1 is 1.26 bits per heavy atom. The number of carbonyl (C=O) groups is 2. The highest BCUT2D eigenvalue weighted by Crippen LogP contribution is 2.20. The van der Waals surface area contributed by atoms with Gasteiger partial charge in [-0.25, -0.2) is 0 Å². The number of carbonyl (C=O) groups excluding carboxylic acids is 2. The third kappa shape index (κ3) is 4.79. The molecule has 0 bridgehead atoms. The number of anilines is 1. The van der Waals surface area contributed by atoms with Crippen LogP contribution in [0.3, 0.4) is 0 Å². The number of amides is 2. The first kappa shape index (κ1) is 17.5. The molecule has 1 aromatic heterocycles. The predicted molar refractivity (Wildman–Crippen MR) is 93.0 cm³/mol. The molecule has 7 heteroatoms. The van der Waals surface area contributed by atoms with Gasteiger partial charge in [0.25, 0.3) is 5.91 Å². The molecule has 1 unspecified atom stereocenters. The van der Waals surface area contributed by atoms with E-state index >= 15 is 0 Å². The summed E-state index contributed by atoms with van der Waals surface area (Å²) in [5, 5.41) is 2.85. The van der Waals surface area contributed by atoms with E-state index in [-0.39, 0.29) is 11.9 Å². The molecule has 0 radical (unpaired) electrons. The molecule has 122 valence electrons. The fourth-order valence-electron chi connectivity index (χ4n) is 2.07. The van der Waals surface area contributed by atoms with Gasteiger partial charge in [-0.1, -0.05) is 11.6 Å². The third-order valence-corrected chi connectivity index (χ3v) is 4.88. The first-order chi connectivity index (χ1) is 10.9. The molecule has 0 spiro atoms. The average molecular weight is 353 g/mol. The number of hydrogen-bond acceptors (Lipinski definition) is 3. The van der Waals surface area contributed by atoms with Crippen molar-refractivity contribution in [3.8, 4) is 0 Å². The molecule has 1 heterocycles. The Hall–Kier alpha value is -1.89. The predicted octanol–water partition coefficient (Wildman–Crippen LogP) is 1.54. The zero-order valence-corrected chi connectivity index (χ0v) is 14.5. The van der Waals surface area contributed by atoms with Gasteiger partial charge in [0.1, 0.15) is 6.54 Å². The molecule has 0 fully saturated rings. The highest BCUT2D eigenvalue weighted by Gasteiger charge is 2.22. The van der Waals surface area contributed by atoms with Gasteiger partial charge in [0.2, 0.25) is 5.91 Å². The normalized spacial score (nSPS) is 13.3. The minimum absolute atomic E-state index is 0.0861. The molecular weight excluding hydrogens is 334 g/mol. The van der Waals surface area contributed by atoms with E-state index in [0.717, 1.165) is 20.7 Å². The Labute approximate surface area is 144 Å². The smallest absolute Gasteiger partial charge is 0.282 e. The van der Waals surface area contributed by atoms with Crippen molar-refractivity contribution in [3.05, 3.63) is 51.2 Å². The van der Waals surface area contributed by atoms with Gasteiger partial charge in [0.15, 0.2) is 6.04 Å². The van der Waals surface area contributed by atoms with Gasteiger partial charge in [0, 0.05) is 11.3 Å². The Morgan fingerprint density at radius 2 is 1.91 bits per heavy atom. The van der Waals surface area contributed by atoms with E-state index in [0.29, 0.717) is 11.3 Å². The Kier molecular flexibility index (Phi) is 5.76. The van der Waals surface area contributed by atoms with E-state index in [1.807, 2.05) is 26.1 Å². The lowest BCUT2D eigenvalue weighted by Crippen LogP contribution is -3.12. The molecule has 0 aliphatic rings. The van der Waals surface area contributed by atoms with Crippen LogP contribution in [0.2, 0.25) is 4.34 Å². The number of thiophene rings is 1. The number of quaternary nitrogens is 1. The molecule has 23 heavy (non-hydrogen) atoms. The largest absolute Gasteiger partial charge is 0.366 e. The maximum absolute atomic E-state index is 12.3. The summed E-state index contributed by atoms with van der Waals surface area (Å²) in [5.41, 5.74) is 6.24. The number of hydrogen-bond donors (Lipinski definition) is 3. The minimum Gasteiger partial charge on any atom is -0.366 e. The number of nitrogens with two attached hydrogens (primary N) is 1. The summed E-state index contributed by atoms with van der Waals surface area (Å²) in [7, 11) is 1.97. The van der Waals surface area contributed by atoms with E-state index in [1.165, 1.54) is 11.3 Å². The molecule has 0 saturated carbocycles. The summed E-state index contributed by atoms with van der Waals surface area (Å²) in [4.78, 5) is 25.6. The number of primary amides is 1. The molecule has 5 nitrogen and oxygen atoms in total. The van der Waals surface area contributed by atoms with Crippen LogP contribution in [0.5, 0.6) is 0 Å². The van der Waals surface area contributed by atoms with Gasteiger partial charge >= 0.3 is 0 Å². The quantitative estimate of drug-likeness (QED) is 0.737. The van der Waals surface area contributed by atoms with E-state index in [4.69, 9.17) is 17.3 Å². The Morgan fingerprint density at radius 3 is 2.43 bits per heavy atom. The first-order valence-corrected chi connectivity index (χ1v) is 8.33. The molecule has 2 amide bonds. The van der Waals surface area contributed by atoms with Crippen LogP contribution in [0.4, 0.5) is 5.69 Å². The second-order valence-electron chi connectivity index (χ2n) is 5.38. The van der Waals surface area contributed by atoms with Crippen molar-refractivity contribution in [1.29, 1.82) is 0 Å². The number of nitrogens with one attached hydrogen (secondary N) is 2. The number of likely N-dealkylation sites (N-methyl/N-ethyl adjacent to an activating group) is 1.